The number of nitrogens with two attached hydrogens (primary N) is 1. The zero-order valence-corrected chi connectivity index (χ0v) is 14.1. The smallest absolute Gasteiger partial charge is 0.246 e. The summed E-state index contributed by atoms with van der Waals surface area (Å²) in [5.41, 5.74) is 7.61. The number of benzene rings is 2. The summed E-state index contributed by atoms with van der Waals surface area (Å²) in [5, 5.41) is 0. The summed E-state index contributed by atoms with van der Waals surface area (Å²) in [6.45, 7) is 0.931. The Morgan fingerprint density at radius 3 is 2.36 bits per heavy atom. The SMILES string of the molecule is COc1ccc(N2CCN(C(=O)[C@H](N)c3ccccc3)CC2=O)cc1. The summed E-state index contributed by atoms with van der Waals surface area (Å²) in [7, 11) is 1.60. The van der Waals surface area contributed by atoms with Gasteiger partial charge in [0.2, 0.25) is 11.8 Å². The first-order valence-corrected chi connectivity index (χ1v) is 8.14. The Morgan fingerprint density at radius 2 is 1.76 bits per heavy atom. The van der Waals surface area contributed by atoms with Crippen molar-refractivity contribution in [2.45, 2.75) is 6.04 Å². The molecular weight excluding hydrogens is 318 g/mol. The van der Waals surface area contributed by atoms with Crippen molar-refractivity contribution in [1.29, 1.82) is 0 Å². The number of carbonyl (C=O) groups is 2. The Bertz CT molecular complexity index is 746. The average Bonchev–Trinajstić information content (AvgIpc) is 2.67. The van der Waals surface area contributed by atoms with Crippen LogP contribution in [0, 0.1) is 0 Å². The van der Waals surface area contributed by atoms with Gasteiger partial charge in [0.25, 0.3) is 0 Å². The molecule has 2 amide bonds. The number of carbonyl (C=O) groups excluding carboxylic acids is 2. The van der Waals surface area contributed by atoms with Crippen molar-refractivity contribution in [3.8, 4) is 5.75 Å². The van der Waals surface area contributed by atoms with Gasteiger partial charge in [-0.15, -0.1) is 0 Å². The highest BCUT2D eigenvalue weighted by atomic mass is 16.5. The van der Waals surface area contributed by atoms with E-state index in [1.54, 1.807) is 12.0 Å². The summed E-state index contributed by atoms with van der Waals surface area (Å²) in [4.78, 5) is 28.3. The third kappa shape index (κ3) is 3.64. The molecule has 0 bridgehead atoms. The molecule has 2 aromatic rings. The normalized spacial score (nSPS) is 15.8. The van der Waals surface area contributed by atoms with Gasteiger partial charge < -0.3 is 20.3 Å². The van der Waals surface area contributed by atoms with Crippen LogP contribution in [0.1, 0.15) is 11.6 Å². The molecule has 0 aromatic heterocycles. The first-order valence-electron chi connectivity index (χ1n) is 8.14. The van der Waals surface area contributed by atoms with E-state index in [0.717, 1.165) is 17.0 Å². The first-order chi connectivity index (χ1) is 12.1. The summed E-state index contributed by atoms with van der Waals surface area (Å²) in [5.74, 6) is 0.387. The zero-order valence-electron chi connectivity index (χ0n) is 14.1. The van der Waals surface area contributed by atoms with Gasteiger partial charge in [0.05, 0.1) is 7.11 Å². The molecule has 1 aliphatic heterocycles. The Labute approximate surface area is 146 Å². The second-order valence-electron chi connectivity index (χ2n) is 5.89. The van der Waals surface area contributed by atoms with E-state index < -0.39 is 6.04 Å². The van der Waals surface area contributed by atoms with Crippen LogP contribution in [-0.2, 0) is 9.59 Å². The molecule has 0 unspecified atom stereocenters. The van der Waals surface area contributed by atoms with Crippen LogP contribution in [0.2, 0.25) is 0 Å². The van der Waals surface area contributed by atoms with Gasteiger partial charge in [-0.1, -0.05) is 30.3 Å². The van der Waals surface area contributed by atoms with Crippen LogP contribution in [0.25, 0.3) is 0 Å². The maximum absolute atomic E-state index is 12.6. The quantitative estimate of drug-likeness (QED) is 0.917. The molecule has 1 heterocycles. The minimum Gasteiger partial charge on any atom is -0.497 e. The second-order valence-corrected chi connectivity index (χ2v) is 5.89. The molecule has 1 fully saturated rings. The van der Waals surface area contributed by atoms with Crippen molar-refractivity contribution in [3.63, 3.8) is 0 Å². The number of piperazine rings is 1. The zero-order chi connectivity index (χ0) is 17.8. The molecule has 2 aromatic carbocycles. The lowest BCUT2D eigenvalue weighted by atomic mass is 10.1. The van der Waals surface area contributed by atoms with Crippen molar-refractivity contribution in [2.24, 2.45) is 5.73 Å². The molecule has 25 heavy (non-hydrogen) atoms. The maximum Gasteiger partial charge on any atom is 0.246 e. The summed E-state index contributed by atoms with van der Waals surface area (Å²) >= 11 is 0. The fourth-order valence-corrected chi connectivity index (χ4v) is 2.90. The predicted molar refractivity (Wildman–Crippen MR) is 95.3 cm³/mol. The number of anilines is 1. The van der Waals surface area contributed by atoms with Crippen LogP contribution in [0.3, 0.4) is 0 Å². The summed E-state index contributed by atoms with van der Waals surface area (Å²) in [6, 6.07) is 15.7. The van der Waals surface area contributed by atoms with Crippen LogP contribution < -0.4 is 15.4 Å². The molecule has 2 N–H and O–H groups in total. The summed E-state index contributed by atoms with van der Waals surface area (Å²) < 4.78 is 5.13. The highest BCUT2D eigenvalue weighted by Gasteiger charge is 2.30. The molecule has 6 nitrogen and oxygen atoms in total. The van der Waals surface area contributed by atoms with Crippen molar-refractivity contribution >= 4 is 17.5 Å². The Balaban J connectivity index is 1.66. The molecule has 1 saturated heterocycles. The predicted octanol–water partition coefficient (Wildman–Crippen LogP) is 1.57. The Morgan fingerprint density at radius 1 is 1.08 bits per heavy atom. The third-order valence-electron chi connectivity index (χ3n) is 4.34. The highest BCUT2D eigenvalue weighted by Crippen LogP contribution is 2.22. The van der Waals surface area contributed by atoms with Gasteiger partial charge in [-0.05, 0) is 29.8 Å². The fourth-order valence-electron chi connectivity index (χ4n) is 2.90. The fraction of sp³-hybridized carbons (Fsp3) is 0.263. The van der Waals surface area contributed by atoms with E-state index in [1.807, 2.05) is 54.6 Å². The molecule has 6 heteroatoms. The van der Waals surface area contributed by atoms with E-state index in [4.69, 9.17) is 10.5 Å². The summed E-state index contributed by atoms with van der Waals surface area (Å²) in [6.07, 6.45) is 0. The topological polar surface area (TPSA) is 75.9 Å². The van der Waals surface area contributed by atoms with Gasteiger partial charge in [-0.25, -0.2) is 0 Å². The molecule has 0 spiro atoms. The standard InChI is InChI=1S/C19H21N3O3/c1-25-16-9-7-15(8-10-16)22-12-11-21(13-17(22)23)19(24)18(20)14-5-3-2-4-6-14/h2-10,18H,11-13,20H2,1H3/t18-/m1/s1. The van der Waals surface area contributed by atoms with Gasteiger partial charge in [-0.2, -0.15) is 0 Å². The van der Waals surface area contributed by atoms with Crippen molar-refractivity contribution < 1.29 is 14.3 Å². The Kier molecular flexibility index (Phi) is 5.00. The minimum atomic E-state index is -0.749. The first kappa shape index (κ1) is 17.0. The molecule has 0 radical (unpaired) electrons. The Hall–Kier alpha value is -2.86. The van der Waals surface area contributed by atoms with Gasteiger partial charge in [0, 0.05) is 18.8 Å². The minimum absolute atomic E-state index is 0.0331. The number of hydrogen-bond donors (Lipinski definition) is 1. The van der Waals surface area contributed by atoms with E-state index >= 15 is 0 Å². The third-order valence-corrected chi connectivity index (χ3v) is 4.34. The molecule has 1 aliphatic rings. The number of methoxy groups -OCH3 is 1. The van der Waals surface area contributed by atoms with Crippen LogP contribution >= 0.6 is 0 Å². The van der Waals surface area contributed by atoms with E-state index in [1.165, 1.54) is 4.90 Å². The van der Waals surface area contributed by atoms with Gasteiger partial charge in [0.1, 0.15) is 18.3 Å². The molecule has 0 aliphatic carbocycles. The molecule has 130 valence electrons. The molecule has 3 rings (SSSR count). The van der Waals surface area contributed by atoms with Crippen molar-refractivity contribution in [1.82, 2.24) is 4.90 Å². The van der Waals surface area contributed by atoms with Crippen LogP contribution in [0.15, 0.2) is 54.6 Å². The number of rotatable bonds is 4. The van der Waals surface area contributed by atoms with Crippen LogP contribution in [0.4, 0.5) is 5.69 Å². The highest BCUT2D eigenvalue weighted by molar-refractivity contribution is 5.98. The largest absolute Gasteiger partial charge is 0.497 e. The van der Waals surface area contributed by atoms with E-state index in [9.17, 15) is 9.59 Å². The number of hydrogen-bond acceptors (Lipinski definition) is 4. The van der Waals surface area contributed by atoms with E-state index in [-0.39, 0.29) is 18.4 Å². The average molecular weight is 339 g/mol. The number of ether oxygens (including phenoxy) is 1. The lowest BCUT2D eigenvalue weighted by molar-refractivity contribution is -0.138. The van der Waals surface area contributed by atoms with Crippen molar-refractivity contribution in [3.05, 3.63) is 60.2 Å². The van der Waals surface area contributed by atoms with Crippen LogP contribution in [-0.4, -0.2) is 43.5 Å². The molecular formula is C19H21N3O3. The van der Waals surface area contributed by atoms with Crippen LogP contribution in [0.5, 0.6) is 5.75 Å². The molecule has 1 atom stereocenters. The lowest BCUT2D eigenvalue weighted by Crippen LogP contribution is -2.54. The van der Waals surface area contributed by atoms with E-state index in [2.05, 4.69) is 0 Å². The van der Waals surface area contributed by atoms with E-state index in [0.29, 0.717) is 13.1 Å². The number of nitrogens with zero attached hydrogens (tertiary/aromatic N) is 2. The van der Waals surface area contributed by atoms with Gasteiger partial charge in [0.15, 0.2) is 0 Å². The number of amides is 2. The van der Waals surface area contributed by atoms with Crippen molar-refractivity contribution in [2.75, 3.05) is 31.6 Å². The van der Waals surface area contributed by atoms with Gasteiger partial charge >= 0.3 is 0 Å². The maximum atomic E-state index is 12.6. The lowest BCUT2D eigenvalue weighted by Gasteiger charge is -2.35. The van der Waals surface area contributed by atoms with Gasteiger partial charge in [-0.3, -0.25) is 9.59 Å². The molecule has 0 saturated carbocycles. The second kappa shape index (κ2) is 7.36. The monoisotopic (exact) mass is 339 g/mol.